The van der Waals surface area contributed by atoms with Gasteiger partial charge in [-0.2, -0.15) is 5.10 Å². The molecule has 0 aliphatic carbocycles. The zero-order chi connectivity index (χ0) is 18.6. The number of hydrogen-bond donors (Lipinski definition) is 1. The number of thioether (sulfide) groups is 1. The van der Waals surface area contributed by atoms with Crippen LogP contribution in [0.25, 0.3) is 0 Å². The number of amidine groups is 1. The lowest BCUT2D eigenvalue weighted by Crippen LogP contribution is -2.19. The molecule has 130 valence electrons. The molecule has 1 fully saturated rings. The van der Waals surface area contributed by atoms with Gasteiger partial charge in [-0.25, -0.2) is 9.18 Å². The van der Waals surface area contributed by atoms with E-state index in [2.05, 4.69) is 20.3 Å². The molecule has 1 aliphatic rings. The fourth-order valence-corrected chi connectivity index (χ4v) is 2.56. The fraction of sp³-hybridized carbons (Fsp3) is 0.143. The zero-order valence-corrected chi connectivity index (χ0v) is 13.8. The largest absolute Gasteiger partial charge is 0.466 e. The number of rotatable bonds is 4. The van der Waals surface area contributed by atoms with Gasteiger partial charge in [0.1, 0.15) is 5.82 Å². The van der Waals surface area contributed by atoms with E-state index in [1.165, 1.54) is 14.0 Å². The summed E-state index contributed by atoms with van der Waals surface area (Å²) in [5.41, 5.74) is -0.233. The van der Waals surface area contributed by atoms with E-state index in [0.29, 0.717) is 0 Å². The van der Waals surface area contributed by atoms with Crippen LogP contribution in [0.4, 0.5) is 10.1 Å². The van der Waals surface area contributed by atoms with Crippen LogP contribution in [0.2, 0.25) is 0 Å². The fourth-order valence-electron chi connectivity index (χ4n) is 1.82. The molecule has 1 saturated heterocycles. The predicted molar refractivity (Wildman–Crippen MR) is 88.7 cm³/mol. The minimum atomic E-state index is -0.698. The smallest absolute Gasteiger partial charge is 0.331 e. The van der Waals surface area contributed by atoms with Crippen molar-refractivity contribution in [2.45, 2.75) is 6.92 Å². The van der Waals surface area contributed by atoms with Crippen molar-refractivity contribution in [3.05, 3.63) is 50.2 Å². The Labute approximate surface area is 144 Å². The van der Waals surface area contributed by atoms with E-state index in [9.17, 15) is 24.1 Å². The van der Waals surface area contributed by atoms with E-state index in [-0.39, 0.29) is 26.9 Å². The molecule has 1 aromatic carbocycles. The van der Waals surface area contributed by atoms with Crippen molar-refractivity contribution < 1.29 is 23.6 Å². The van der Waals surface area contributed by atoms with E-state index in [1.54, 1.807) is 0 Å². The van der Waals surface area contributed by atoms with Crippen LogP contribution in [0.5, 0.6) is 0 Å². The Bertz CT molecular complexity index is 850. The highest BCUT2D eigenvalue weighted by Crippen LogP contribution is 2.24. The SMILES string of the molecule is COC(=O)/C=C1/S/C(=N\N=Cc2c(F)ccc([N+](=O)[O-])c2C)NC1=O. The summed E-state index contributed by atoms with van der Waals surface area (Å²) in [5, 5.41) is 20.6. The van der Waals surface area contributed by atoms with Crippen molar-refractivity contribution in [3.63, 3.8) is 0 Å². The van der Waals surface area contributed by atoms with Crippen LogP contribution in [0.3, 0.4) is 0 Å². The van der Waals surface area contributed by atoms with Crippen LogP contribution in [0.15, 0.2) is 33.3 Å². The molecule has 1 aromatic rings. The second kappa shape index (κ2) is 7.66. The van der Waals surface area contributed by atoms with Crippen LogP contribution in [-0.2, 0) is 14.3 Å². The molecule has 1 amide bonds. The number of esters is 1. The third kappa shape index (κ3) is 4.26. The highest BCUT2D eigenvalue weighted by molar-refractivity contribution is 8.18. The summed E-state index contributed by atoms with van der Waals surface area (Å²) in [6.07, 6.45) is 2.01. The van der Waals surface area contributed by atoms with Crippen LogP contribution in [0, 0.1) is 22.9 Å². The van der Waals surface area contributed by atoms with Gasteiger partial charge in [0, 0.05) is 23.3 Å². The summed E-state index contributed by atoms with van der Waals surface area (Å²) >= 11 is 0.848. The topological polar surface area (TPSA) is 123 Å². The van der Waals surface area contributed by atoms with Crippen molar-refractivity contribution in [1.29, 1.82) is 0 Å². The number of amides is 1. The number of nitro groups is 1. The number of benzene rings is 1. The second-order valence-electron chi connectivity index (χ2n) is 4.60. The molecule has 0 atom stereocenters. The molecule has 2 rings (SSSR count). The maximum Gasteiger partial charge on any atom is 0.331 e. The summed E-state index contributed by atoms with van der Waals surface area (Å²) in [7, 11) is 1.17. The number of carbonyl (C=O) groups is 2. The van der Waals surface area contributed by atoms with Gasteiger partial charge in [0.2, 0.25) is 0 Å². The molecule has 0 aromatic heterocycles. The average Bonchev–Trinajstić information content (AvgIpc) is 2.89. The first-order valence-corrected chi connectivity index (χ1v) is 7.48. The minimum Gasteiger partial charge on any atom is -0.466 e. The summed E-state index contributed by atoms with van der Waals surface area (Å²) in [6.45, 7) is 1.39. The summed E-state index contributed by atoms with van der Waals surface area (Å²) < 4.78 is 18.2. The van der Waals surface area contributed by atoms with E-state index in [0.717, 1.165) is 36.2 Å². The molecular weight excluding hydrogens is 355 g/mol. The Hall–Kier alpha value is -3.08. The van der Waals surface area contributed by atoms with Gasteiger partial charge in [-0.3, -0.25) is 20.2 Å². The lowest BCUT2D eigenvalue weighted by molar-refractivity contribution is -0.385. The third-order valence-electron chi connectivity index (χ3n) is 3.07. The van der Waals surface area contributed by atoms with Gasteiger partial charge in [0.05, 0.1) is 23.2 Å². The van der Waals surface area contributed by atoms with Crippen LogP contribution in [0.1, 0.15) is 11.1 Å². The minimum absolute atomic E-state index is 0.0681. The van der Waals surface area contributed by atoms with Crippen molar-refractivity contribution in [2.24, 2.45) is 10.2 Å². The molecule has 11 heteroatoms. The first kappa shape index (κ1) is 18.3. The molecule has 1 N–H and O–H groups in total. The number of methoxy groups -OCH3 is 1. The molecule has 1 aliphatic heterocycles. The lowest BCUT2D eigenvalue weighted by atomic mass is 10.1. The molecule has 0 bridgehead atoms. The summed E-state index contributed by atoms with van der Waals surface area (Å²) in [5.74, 6) is -1.94. The summed E-state index contributed by atoms with van der Waals surface area (Å²) in [4.78, 5) is 33.1. The second-order valence-corrected chi connectivity index (χ2v) is 5.63. The van der Waals surface area contributed by atoms with E-state index >= 15 is 0 Å². The van der Waals surface area contributed by atoms with E-state index in [4.69, 9.17) is 0 Å². The van der Waals surface area contributed by atoms with Crippen molar-refractivity contribution in [2.75, 3.05) is 7.11 Å². The maximum atomic E-state index is 13.8. The summed E-state index contributed by atoms with van der Waals surface area (Å²) in [6, 6.07) is 2.02. The monoisotopic (exact) mass is 366 g/mol. The number of ether oxygens (including phenoxy) is 1. The Morgan fingerprint density at radius 3 is 2.84 bits per heavy atom. The van der Waals surface area contributed by atoms with Gasteiger partial charge in [-0.15, -0.1) is 5.10 Å². The molecule has 9 nitrogen and oxygen atoms in total. The maximum absolute atomic E-state index is 13.8. The standard InChI is InChI=1S/C14H11FN4O5S/c1-7-8(9(15)3-4-10(7)19(22)23)6-16-18-14-17-13(21)11(25-14)5-12(20)24-2/h3-6H,1-2H3,(H,17,18,21)/b11-5+,16-6?. The van der Waals surface area contributed by atoms with Gasteiger partial charge in [0.15, 0.2) is 5.17 Å². The van der Waals surface area contributed by atoms with Gasteiger partial charge < -0.3 is 4.74 Å². The number of carbonyl (C=O) groups excluding carboxylic acids is 2. The number of nitrogens with one attached hydrogen (secondary N) is 1. The van der Waals surface area contributed by atoms with Crippen LogP contribution in [-0.4, -0.2) is 35.3 Å². The quantitative estimate of drug-likeness (QED) is 0.284. The molecule has 0 spiro atoms. The lowest BCUT2D eigenvalue weighted by Gasteiger charge is -2.02. The Kier molecular flexibility index (Phi) is 5.60. The normalized spacial score (nSPS) is 17.3. The van der Waals surface area contributed by atoms with Crippen LogP contribution < -0.4 is 5.32 Å². The first-order valence-electron chi connectivity index (χ1n) is 6.67. The predicted octanol–water partition coefficient (Wildman–Crippen LogP) is 1.65. The van der Waals surface area contributed by atoms with Gasteiger partial charge in [-0.05, 0) is 24.8 Å². The molecular formula is C14H11FN4O5S. The molecule has 0 unspecified atom stereocenters. The highest BCUT2D eigenvalue weighted by atomic mass is 32.2. The van der Waals surface area contributed by atoms with E-state index < -0.39 is 22.6 Å². The Balaban J connectivity index is 2.22. The number of halogens is 1. The highest BCUT2D eigenvalue weighted by Gasteiger charge is 2.25. The molecule has 0 radical (unpaired) electrons. The molecule has 0 saturated carbocycles. The van der Waals surface area contributed by atoms with Gasteiger partial charge in [0.25, 0.3) is 11.6 Å². The average molecular weight is 366 g/mol. The van der Waals surface area contributed by atoms with Gasteiger partial charge >= 0.3 is 5.97 Å². The third-order valence-corrected chi connectivity index (χ3v) is 3.97. The zero-order valence-electron chi connectivity index (χ0n) is 13.0. The van der Waals surface area contributed by atoms with Crippen LogP contribution >= 0.6 is 11.8 Å². The van der Waals surface area contributed by atoms with Crippen molar-refractivity contribution in [1.82, 2.24) is 5.32 Å². The van der Waals surface area contributed by atoms with Crippen molar-refractivity contribution in [3.8, 4) is 0 Å². The van der Waals surface area contributed by atoms with Crippen molar-refractivity contribution >= 4 is 40.7 Å². The number of nitrogens with zero attached hydrogens (tertiary/aromatic N) is 3. The first-order chi connectivity index (χ1) is 11.8. The molecule has 1 heterocycles. The van der Waals surface area contributed by atoms with Gasteiger partial charge in [-0.1, -0.05) is 0 Å². The van der Waals surface area contributed by atoms with E-state index in [1.807, 2.05) is 0 Å². The Morgan fingerprint density at radius 2 is 2.20 bits per heavy atom. The Morgan fingerprint density at radius 1 is 1.48 bits per heavy atom. The number of hydrogen-bond acceptors (Lipinski definition) is 8. The number of nitro benzene ring substituents is 1. The molecule has 25 heavy (non-hydrogen) atoms.